The van der Waals surface area contributed by atoms with Gasteiger partial charge < -0.3 is 9.47 Å². The fraction of sp³-hybridized carbons (Fsp3) is 0.500. The number of hydrogen-bond donors (Lipinski definition) is 0. The highest BCUT2D eigenvalue weighted by atomic mass is 16.6. The fourth-order valence-electron chi connectivity index (χ4n) is 1.88. The summed E-state index contributed by atoms with van der Waals surface area (Å²) in [6.07, 6.45) is -0.363. The van der Waals surface area contributed by atoms with E-state index >= 15 is 0 Å². The zero-order valence-electron chi connectivity index (χ0n) is 11.3. The molecule has 0 radical (unpaired) electrons. The van der Waals surface area contributed by atoms with Crippen molar-refractivity contribution in [1.29, 1.82) is 0 Å². The van der Waals surface area contributed by atoms with Crippen LogP contribution in [0.3, 0.4) is 0 Å². The Morgan fingerprint density at radius 1 is 1.39 bits per heavy atom. The minimum atomic E-state index is -0.492. The topological polar surface area (TPSA) is 38.8 Å². The lowest BCUT2D eigenvalue weighted by atomic mass is 10.2. The number of anilines is 1. The van der Waals surface area contributed by atoms with Crippen molar-refractivity contribution in [2.45, 2.75) is 39.4 Å². The number of carbonyl (C=O) groups is 1. The van der Waals surface area contributed by atoms with Crippen LogP contribution in [0.5, 0.6) is 5.75 Å². The van der Waals surface area contributed by atoms with Gasteiger partial charge in [0.15, 0.2) is 0 Å². The molecule has 0 fully saturated rings. The van der Waals surface area contributed by atoms with Crippen LogP contribution in [-0.4, -0.2) is 24.3 Å². The van der Waals surface area contributed by atoms with E-state index in [9.17, 15) is 4.79 Å². The van der Waals surface area contributed by atoms with Gasteiger partial charge in [-0.15, -0.1) is 0 Å². The van der Waals surface area contributed by atoms with Crippen LogP contribution >= 0.6 is 0 Å². The molecule has 1 aliphatic rings. The Morgan fingerprint density at radius 2 is 2.06 bits per heavy atom. The Hall–Kier alpha value is -1.71. The van der Waals surface area contributed by atoms with Gasteiger partial charge in [-0.2, -0.15) is 0 Å². The number of hydrogen-bond acceptors (Lipinski definition) is 3. The highest BCUT2D eigenvalue weighted by Crippen LogP contribution is 2.33. The summed E-state index contributed by atoms with van der Waals surface area (Å²) in [5.41, 5.74) is 0.276. The third kappa shape index (κ3) is 2.75. The normalized spacial score (nSPS) is 18.9. The van der Waals surface area contributed by atoms with Crippen molar-refractivity contribution in [3.63, 3.8) is 0 Å². The average Bonchev–Trinajstić information content (AvgIpc) is 2.25. The quantitative estimate of drug-likeness (QED) is 0.708. The van der Waals surface area contributed by atoms with Crippen LogP contribution in [0.2, 0.25) is 0 Å². The second-order valence-electron chi connectivity index (χ2n) is 5.49. The minimum Gasteiger partial charge on any atom is -0.487 e. The van der Waals surface area contributed by atoms with E-state index in [0.29, 0.717) is 6.54 Å². The molecule has 0 aliphatic carbocycles. The molecule has 4 nitrogen and oxygen atoms in total. The van der Waals surface area contributed by atoms with Crippen LogP contribution in [0.25, 0.3) is 0 Å². The highest BCUT2D eigenvalue weighted by molar-refractivity contribution is 5.90. The van der Waals surface area contributed by atoms with E-state index in [-0.39, 0.29) is 12.2 Å². The predicted octanol–water partition coefficient (Wildman–Crippen LogP) is 3.21. The Bertz CT molecular complexity index is 451. The molecule has 0 bridgehead atoms. The third-order valence-corrected chi connectivity index (χ3v) is 2.54. The first-order valence-corrected chi connectivity index (χ1v) is 6.13. The maximum Gasteiger partial charge on any atom is 0.415 e. The maximum atomic E-state index is 12.2. The Kier molecular flexibility index (Phi) is 3.20. The van der Waals surface area contributed by atoms with Crippen LogP contribution in [0.1, 0.15) is 27.7 Å². The van der Waals surface area contributed by atoms with E-state index in [2.05, 4.69) is 0 Å². The molecule has 0 aromatic heterocycles. The molecule has 1 amide bonds. The number of ether oxygens (including phenoxy) is 2. The summed E-state index contributed by atoms with van der Waals surface area (Å²) in [5.74, 6) is 0.724. The number of carbonyl (C=O) groups excluding carboxylic acids is 1. The van der Waals surface area contributed by atoms with Crippen molar-refractivity contribution in [2.75, 3.05) is 11.4 Å². The smallest absolute Gasteiger partial charge is 0.415 e. The summed E-state index contributed by atoms with van der Waals surface area (Å²) < 4.78 is 11.1. The first-order chi connectivity index (χ1) is 8.37. The molecule has 1 unspecified atom stereocenters. The fourth-order valence-corrected chi connectivity index (χ4v) is 1.88. The number of amides is 1. The van der Waals surface area contributed by atoms with Crippen molar-refractivity contribution >= 4 is 11.8 Å². The largest absolute Gasteiger partial charge is 0.487 e. The van der Waals surface area contributed by atoms with E-state index in [1.807, 2.05) is 52.0 Å². The van der Waals surface area contributed by atoms with Gasteiger partial charge in [0, 0.05) is 0 Å². The van der Waals surface area contributed by atoms with Gasteiger partial charge in [0.1, 0.15) is 17.5 Å². The second-order valence-corrected chi connectivity index (χ2v) is 5.49. The lowest BCUT2D eigenvalue weighted by Crippen LogP contribution is -2.44. The molecular weight excluding hydrogens is 230 g/mol. The summed E-state index contributed by atoms with van der Waals surface area (Å²) in [5, 5.41) is 0. The molecule has 0 saturated heterocycles. The van der Waals surface area contributed by atoms with Gasteiger partial charge in [-0.1, -0.05) is 12.1 Å². The molecule has 4 heteroatoms. The Balaban J connectivity index is 2.26. The van der Waals surface area contributed by atoms with E-state index in [0.717, 1.165) is 11.4 Å². The molecule has 1 aliphatic heterocycles. The van der Waals surface area contributed by atoms with Crippen LogP contribution in [-0.2, 0) is 4.74 Å². The molecule has 1 heterocycles. The molecule has 18 heavy (non-hydrogen) atoms. The van der Waals surface area contributed by atoms with Crippen LogP contribution in [0.15, 0.2) is 24.3 Å². The molecule has 0 saturated carbocycles. The predicted molar refractivity (Wildman–Crippen MR) is 70.1 cm³/mol. The number of rotatable bonds is 0. The van der Waals surface area contributed by atoms with Crippen molar-refractivity contribution in [3.05, 3.63) is 24.3 Å². The van der Waals surface area contributed by atoms with Gasteiger partial charge in [0.25, 0.3) is 0 Å². The molecular formula is C14H19NO3. The lowest BCUT2D eigenvalue weighted by Gasteiger charge is -2.34. The second kappa shape index (κ2) is 4.52. The number of nitrogens with zero attached hydrogens (tertiary/aromatic N) is 1. The summed E-state index contributed by atoms with van der Waals surface area (Å²) in [6.45, 7) is 8.03. The van der Waals surface area contributed by atoms with Gasteiger partial charge in [0.2, 0.25) is 0 Å². The molecule has 0 N–H and O–H groups in total. The molecule has 98 valence electrons. The number of para-hydroxylation sites is 2. The van der Waals surface area contributed by atoms with Gasteiger partial charge >= 0.3 is 6.09 Å². The van der Waals surface area contributed by atoms with E-state index < -0.39 is 5.60 Å². The zero-order chi connectivity index (χ0) is 13.3. The van der Waals surface area contributed by atoms with Gasteiger partial charge in [-0.05, 0) is 39.8 Å². The van der Waals surface area contributed by atoms with Crippen molar-refractivity contribution in [1.82, 2.24) is 0 Å². The SMILES string of the molecule is CC1CN(C(=O)OC(C)(C)C)c2ccccc2O1. The molecule has 1 aromatic carbocycles. The third-order valence-electron chi connectivity index (χ3n) is 2.54. The minimum absolute atomic E-state index is 0.0348. The van der Waals surface area contributed by atoms with Gasteiger partial charge in [-0.25, -0.2) is 4.79 Å². The van der Waals surface area contributed by atoms with Gasteiger partial charge in [0.05, 0.1) is 12.2 Å². The van der Waals surface area contributed by atoms with Gasteiger partial charge in [-0.3, -0.25) is 4.90 Å². The zero-order valence-corrected chi connectivity index (χ0v) is 11.3. The van der Waals surface area contributed by atoms with Crippen LogP contribution in [0.4, 0.5) is 10.5 Å². The first kappa shape index (κ1) is 12.7. The van der Waals surface area contributed by atoms with Crippen molar-refractivity contribution in [2.24, 2.45) is 0 Å². The monoisotopic (exact) mass is 249 g/mol. The summed E-state index contributed by atoms with van der Waals surface area (Å²) in [6, 6.07) is 7.51. The Morgan fingerprint density at radius 3 is 2.72 bits per heavy atom. The number of fused-ring (bicyclic) bond motifs is 1. The van der Waals surface area contributed by atoms with E-state index in [1.54, 1.807) is 4.90 Å². The standard InChI is InChI=1S/C14H19NO3/c1-10-9-15(13(16)18-14(2,3)4)11-7-5-6-8-12(11)17-10/h5-8,10H,9H2,1-4H3. The summed E-state index contributed by atoms with van der Waals surface area (Å²) in [4.78, 5) is 13.8. The van der Waals surface area contributed by atoms with Crippen molar-refractivity contribution < 1.29 is 14.3 Å². The van der Waals surface area contributed by atoms with Crippen LogP contribution in [0, 0.1) is 0 Å². The first-order valence-electron chi connectivity index (χ1n) is 6.13. The van der Waals surface area contributed by atoms with E-state index in [4.69, 9.17) is 9.47 Å². The van der Waals surface area contributed by atoms with E-state index in [1.165, 1.54) is 0 Å². The maximum absolute atomic E-state index is 12.2. The molecule has 1 atom stereocenters. The lowest BCUT2D eigenvalue weighted by molar-refractivity contribution is 0.0552. The summed E-state index contributed by atoms with van der Waals surface area (Å²) in [7, 11) is 0. The van der Waals surface area contributed by atoms with Crippen molar-refractivity contribution in [3.8, 4) is 5.75 Å². The molecule has 0 spiro atoms. The highest BCUT2D eigenvalue weighted by Gasteiger charge is 2.30. The Labute approximate surface area is 107 Å². The average molecular weight is 249 g/mol. The summed E-state index contributed by atoms with van der Waals surface area (Å²) >= 11 is 0. The molecule has 2 rings (SSSR count). The van der Waals surface area contributed by atoms with Crippen LogP contribution < -0.4 is 9.64 Å². The molecule has 1 aromatic rings. The number of benzene rings is 1.